The largest absolute Gasteiger partial charge is 0.325 e. The van der Waals surface area contributed by atoms with Crippen LogP contribution in [0.1, 0.15) is 12.5 Å². The molecule has 5 nitrogen and oxygen atoms in total. The summed E-state index contributed by atoms with van der Waals surface area (Å²) in [6, 6.07) is 16.1. The number of anilines is 1. The minimum atomic E-state index is -3.45. The van der Waals surface area contributed by atoms with Gasteiger partial charge < -0.3 is 5.32 Å². The minimum absolute atomic E-state index is 0.0757. The number of para-hydroxylation sites is 1. The lowest BCUT2D eigenvalue weighted by Gasteiger charge is -2.14. The van der Waals surface area contributed by atoms with Gasteiger partial charge in [-0.25, -0.2) is 12.7 Å². The van der Waals surface area contributed by atoms with Gasteiger partial charge >= 0.3 is 0 Å². The van der Waals surface area contributed by atoms with Gasteiger partial charge in [-0.2, -0.15) is 0 Å². The standard InChI is InChI=1S/C18H22N2O3S2/c1-14(18(21)19-16-9-5-4-6-10-16)24-13-15-8-7-11-17(12-15)25(22,23)20(2)3/h4-12,14H,13H2,1-3H3,(H,19,21)/t14-/m1/s1. The van der Waals surface area contributed by atoms with Crippen molar-refractivity contribution in [2.45, 2.75) is 22.8 Å². The molecule has 0 aliphatic carbocycles. The van der Waals surface area contributed by atoms with Gasteiger partial charge in [0.2, 0.25) is 15.9 Å². The van der Waals surface area contributed by atoms with E-state index in [0.29, 0.717) is 5.75 Å². The summed E-state index contributed by atoms with van der Waals surface area (Å²) in [6.45, 7) is 1.84. The molecule has 2 aromatic carbocycles. The fourth-order valence-electron chi connectivity index (χ4n) is 2.07. The van der Waals surface area contributed by atoms with E-state index in [1.54, 1.807) is 18.2 Å². The summed E-state index contributed by atoms with van der Waals surface area (Å²) in [5, 5.41) is 2.61. The Balaban J connectivity index is 1.98. The third-order valence-electron chi connectivity index (χ3n) is 3.59. The van der Waals surface area contributed by atoms with Crippen molar-refractivity contribution < 1.29 is 13.2 Å². The van der Waals surface area contributed by atoms with Crippen LogP contribution in [0.5, 0.6) is 0 Å². The first-order chi connectivity index (χ1) is 11.8. The summed E-state index contributed by atoms with van der Waals surface area (Å²) in [4.78, 5) is 12.5. The number of thioether (sulfide) groups is 1. The van der Waals surface area contributed by atoms with Gasteiger partial charge in [-0.3, -0.25) is 4.79 Å². The van der Waals surface area contributed by atoms with Crippen molar-refractivity contribution in [2.75, 3.05) is 19.4 Å². The SMILES string of the molecule is C[C@@H](SCc1cccc(S(=O)(=O)N(C)C)c1)C(=O)Nc1ccccc1. The Morgan fingerprint density at radius 3 is 2.44 bits per heavy atom. The van der Waals surface area contributed by atoms with Crippen molar-refractivity contribution in [3.8, 4) is 0 Å². The van der Waals surface area contributed by atoms with Gasteiger partial charge in [-0.15, -0.1) is 11.8 Å². The molecule has 25 heavy (non-hydrogen) atoms. The van der Waals surface area contributed by atoms with Crippen molar-refractivity contribution in [1.82, 2.24) is 4.31 Å². The Morgan fingerprint density at radius 1 is 1.12 bits per heavy atom. The number of sulfonamides is 1. The van der Waals surface area contributed by atoms with Gasteiger partial charge in [0, 0.05) is 25.5 Å². The van der Waals surface area contributed by atoms with Crippen LogP contribution in [0.3, 0.4) is 0 Å². The number of rotatable bonds is 7. The molecule has 1 amide bonds. The van der Waals surface area contributed by atoms with E-state index < -0.39 is 10.0 Å². The quantitative estimate of drug-likeness (QED) is 0.803. The van der Waals surface area contributed by atoms with Crippen LogP contribution in [0, 0.1) is 0 Å². The Kier molecular flexibility index (Phi) is 6.64. The predicted molar refractivity (Wildman–Crippen MR) is 103 cm³/mol. The number of amides is 1. The summed E-state index contributed by atoms with van der Waals surface area (Å²) in [6.07, 6.45) is 0. The first-order valence-corrected chi connectivity index (χ1v) is 10.3. The number of hydrogen-bond acceptors (Lipinski definition) is 4. The normalized spacial score (nSPS) is 12.8. The molecule has 134 valence electrons. The number of nitrogens with one attached hydrogen (secondary N) is 1. The van der Waals surface area contributed by atoms with E-state index in [4.69, 9.17) is 0 Å². The molecule has 0 bridgehead atoms. The van der Waals surface area contributed by atoms with Crippen LogP contribution >= 0.6 is 11.8 Å². The van der Waals surface area contributed by atoms with Crippen LogP contribution in [0.4, 0.5) is 5.69 Å². The molecule has 0 saturated carbocycles. The van der Waals surface area contributed by atoms with E-state index in [9.17, 15) is 13.2 Å². The first-order valence-electron chi connectivity index (χ1n) is 7.79. The topological polar surface area (TPSA) is 66.5 Å². The zero-order valence-electron chi connectivity index (χ0n) is 14.5. The number of nitrogens with zero attached hydrogens (tertiary/aromatic N) is 1. The highest BCUT2D eigenvalue weighted by molar-refractivity contribution is 7.99. The molecule has 0 heterocycles. The second-order valence-corrected chi connectivity index (χ2v) is 9.22. The molecule has 7 heteroatoms. The van der Waals surface area contributed by atoms with Crippen LogP contribution in [0.2, 0.25) is 0 Å². The van der Waals surface area contributed by atoms with E-state index in [0.717, 1.165) is 11.3 Å². The average molecular weight is 379 g/mol. The molecular weight excluding hydrogens is 356 g/mol. The molecule has 0 radical (unpaired) electrons. The van der Waals surface area contributed by atoms with Crippen molar-refractivity contribution in [3.63, 3.8) is 0 Å². The van der Waals surface area contributed by atoms with Crippen molar-refractivity contribution >= 4 is 33.4 Å². The zero-order chi connectivity index (χ0) is 18.4. The second kappa shape index (κ2) is 8.51. The van der Waals surface area contributed by atoms with Crippen LogP contribution < -0.4 is 5.32 Å². The lowest BCUT2D eigenvalue weighted by molar-refractivity contribution is -0.115. The number of carbonyl (C=O) groups excluding carboxylic acids is 1. The van der Waals surface area contributed by atoms with E-state index >= 15 is 0 Å². The summed E-state index contributed by atoms with van der Waals surface area (Å²) < 4.78 is 25.6. The van der Waals surface area contributed by atoms with Crippen LogP contribution in [-0.2, 0) is 20.6 Å². The highest BCUT2D eigenvalue weighted by atomic mass is 32.2. The highest BCUT2D eigenvalue weighted by Gasteiger charge is 2.18. The molecule has 0 fully saturated rings. The monoisotopic (exact) mass is 378 g/mol. The van der Waals surface area contributed by atoms with Crippen molar-refractivity contribution in [3.05, 3.63) is 60.2 Å². The lowest BCUT2D eigenvalue weighted by atomic mass is 10.2. The minimum Gasteiger partial charge on any atom is -0.325 e. The summed E-state index contributed by atoms with van der Waals surface area (Å²) in [5.41, 5.74) is 1.63. The zero-order valence-corrected chi connectivity index (χ0v) is 16.1. The van der Waals surface area contributed by atoms with Gasteiger partial charge in [0.25, 0.3) is 0 Å². The van der Waals surface area contributed by atoms with Gasteiger partial charge in [-0.1, -0.05) is 30.3 Å². The predicted octanol–water partition coefficient (Wildman–Crippen LogP) is 3.20. The molecule has 1 N–H and O–H groups in total. The average Bonchev–Trinajstić information content (AvgIpc) is 2.60. The maximum atomic E-state index is 12.2. The third kappa shape index (κ3) is 5.32. The van der Waals surface area contributed by atoms with E-state index in [2.05, 4.69) is 5.32 Å². The molecule has 0 saturated heterocycles. The van der Waals surface area contributed by atoms with Crippen LogP contribution in [0.15, 0.2) is 59.5 Å². The molecule has 2 rings (SSSR count). The van der Waals surface area contributed by atoms with E-state index in [1.165, 1.54) is 30.2 Å². The fourth-order valence-corrected chi connectivity index (χ4v) is 3.87. The molecule has 2 aromatic rings. The maximum absolute atomic E-state index is 12.2. The van der Waals surface area contributed by atoms with E-state index in [-0.39, 0.29) is 16.1 Å². The molecule has 0 spiro atoms. The Labute approximate surface area is 153 Å². The molecule has 0 aliphatic heterocycles. The van der Waals surface area contributed by atoms with Crippen LogP contribution in [-0.4, -0.2) is 38.0 Å². The van der Waals surface area contributed by atoms with Gasteiger partial charge in [0.1, 0.15) is 0 Å². The number of carbonyl (C=O) groups is 1. The van der Waals surface area contributed by atoms with Crippen LogP contribution in [0.25, 0.3) is 0 Å². The second-order valence-electron chi connectivity index (χ2n) is 5.74. The Bertz CT molecular complexity index is 821. The van der Waals surface area contributed by atoms with Crippen molar-refractivity contribution in [1.29, 1.82) is 0 Å². The molecule has 0 aliphatic rings. The fraction of sp³-hybridized carbons (Fsp3) is 0.278. The number of benzene rings is 2. The smallest absolute Gasteiger partial charge is 0.242 e. The molecule has 0 aromatic heterocycles. The van der Waals surface area contributed by atoms with Gasteiger partial charge in [0.05, 0.1) is 10.1 Å². The van der Waals surface area contributed by atoms with Crippen molar-refractivity contribution in [2.24, 2.45) is 0 Å². The summed E-state index contributed by atoms with van der Waals surface area (Å²) in [5.74, 6) is 0.480. The van der Waals surface area contributed by atoms with Gasteiger partial charge in [-0.05, 0) is 36.8 Å². The van der Waals surface area contributed by atoms with E-state index in [1.807, 2.05) is 43.3 Å². The summed E-state index contributed by atoms with van der Waals surface area (Å²) in [7, 11) is -0.437. The number of hydrogen-bond donors (Lipinski definition) is 1. The Morgan fingerprint density at radius 2 is 1.80 bits per heavy atom. The molecule has 1 atom stereocenters. The first kappa shape index (κ1) is 19.5. The highest BCUT2D eigenvalue weighted by Crippen LogP contribution is 2.22. The molecular formula is C18H22N2O3S2. The van der Waals surface area contributed by atoms with Gasteiger partial charge in [0.15, 0.2) is 0 Å². The maximum Gasteiger partial charge on any atom is 0.242 e. The Hall–Kier alpha value is -1.83. The lowest BCUT2D eigenvalue weighted by Crippen LogP contribution is -2.23. The molecule has 0 unspecified atom stereocenters. The summed E-state index contributed by atoms with van der Waals surface area (Å²) >= 11 is 1.46. The third-order valence-corrected chi connectivity index (χ3v) is 6.61.